The third kappa shape index (κ3) is 5.49. The maximum atomic E-state index is 13.5. The van der Waals surface area contributed by atoms with Crippen LogP contribution in [-0.2, 0) is 5.41 Å². The predicted molar refractivity (Wildman–Crippen MR) is 144 cm³/mol. The number of fused-ring (bicyclic) bond motifs is 1. The van der Waals surface area contributed by atoms with Crippen LogP contribution < -0.4 is 20.3 Å². The summed E-state index contributed by atoms with van der Waals surface area (Å²) in [7, 11) is 0. The summed E-state index contributed by atoms with van der Waals surface area (Å²) in [4.78, 5) is 19.0. The first-order valence-corrected chi connectivity index (χ1v) is 12.2. The van der Waals surface area contributed by atoms with Crippen LogP contribution in [0, 0.1) is 5.82 Å². The molecular formula is C29H24F4N4O3. The van der Waals surface area contributed by atoms with Gasteiger partial charge in [0.15, 0.2) is 0 Å². The number of halogens is 4. The molecule has 0 fully saturated rings. The number of carbonyl (C=O) groups excluding carboxylic acids is 1. The molecule has 206 valence electrons. The van der Waals surface area contributed by atoms with Gasteiger partial charge in [0.1, 0.15) is 17.3 Å². The lowest BCUT2D eigenvalue weighted by Gasteiger charge is -2.25. The number of aromatic nitrogens is 1. The Morgan fingerprint density at radius 2 is 1.73 bits per heavy atom. The van der Waals surface area contributed by atoms with Gasteiger partial charge in [-0.3, -0.25) is 4.98 Å². The molecule has 11 heteroatoms. The number of anilines is 4. The highest BCUT2D eigenvalue weighted by molar-refractivity contribution is 6.03. The fourth-order valence-electron chi connectivity index (χ4n) is 4.89. The van der Waals surface area contributed by atoms with Gasteiger partial charge in [-0.25, -0.2) is 9.18 Å². The van der Waals surface area contributed by atoms with Gasteiger partial charge in [-0.15, -0.1) is 13.2 Å². The largest absolute Gasteiger partial charge is 0.573 e. The van der Waals surface area contributed by atoms with Gasteiger partial charge in [0.25, 0.3) is 0 Å². The van der Waals surface area contributed by atoms with E-state index in [0.29, 0.717) is 29.3 Å². The number of benzene rings is 3. The van der Waals surface area contributed by atoms with E-state index >= 15 is 0 Å². The number of phenolic OH excluding ortho intramolecular Hbond substituents is 1. The number of para-hydroxylation sites is 2. The van der Waals surface area contributed by atoms with E-state index in [1.807, 2.05) is 18.7 Å². The zero-order chi connectivity index (χ0) is 28.7. The summed E-state index contributed by atoms with van der Waals surface area (Å²) in [6.07, 6.45) is -3.67. The second-order valence-electron chi connectivity index (χ2n) is 9.86. The minimum absolute atomic E-state index is 0.0341. The molecule has 0 saturated carbocycles. The molecule has 3 aromatic carbocycles. The molecule has 2 heterocycles. The molecule has 0 aliphatic carbocycles. The van der Waals surface area contributed by atoms with Crippen LogP contribution in [0.5, 0.6) is 11.5 Å². The maximum absolute atomic E-state index is 13.5. The number of rotatable bonds is 5. The van der Waals surface area contributed by atoms with Crippen LogP contribution in [0.3, 0.4) is 0 Å². The average Bonchev–Trinajstić information content (AvgIpc) is 3.17. The topological polar surface area (TPSA) is 86.7 Å². The second-order valence-corrected chi connectivity index (χ2v) is 9.86. The molecule has 0 atom stereocenters. The molecule has 3 N–H and O–H groups in total. The number of phenols is 1. The van der Waals surface area contributed by atoms with Gasteiger partial charge in [-0.1, -0.05) is 26.0 Å². The van der Waals surface area contributed by atoms with Gasteiger partial charge in [0.05, 0.1) is 29.0 Å². The Morgan fingerprint density at radius 1 is 1.00 bits per heavy atom. The van der Waals surface area contributed by atoms with Gasteiger partial charge in [0.2, 0.25) is 0 Å². The number of aromatic hydroxyl groups is 1. The van der Waals surface area contributed by atoms with E-state index in [1.165, 1.54) is 18.2 Å². The normalized spacial score (nSPS) is 14.0. The van der Waals surface area contributed by atoms with Gasteiger partial charge in [-0.2, -0.15) is 0 Å². The van der Waals surface area contributed by atoms with Crippen LogP contribution in [-0.4, -0.2) is 29.0 Å². The Kier molecular flexibility index (Phi) is 6.74. The molecule has 1 aromatic heterocycles. The number of hydrogen-bond donors (Lipinski definition) is 3. The smallest absolute Gasteiger partial charge is 0.506 e. The molecule has 5 rings (SSSR count). The van der Waals surface area contributed by atoms with Crippen molar-refractivity contribution in [1.82, 2.24) is 4.98 Å². The first-order valence-electron chi connectivity index (χ1n) is 12.2. The Bertz CT molecular complexity index is 1560. The monoisotopic (exact) mass is 552 g/mol. The molecular weight excluding hydrogens is 528 g/mol. The predicted octanol–water partition coefficient (Wildman–Crippen LogP) is 7.57. The molecule has 2 amide bonds. The Hall–Kier alpha value is -4.80. The van der Waals surface area contributed by atoms with E-state index in [2.05, 4.69) is 20.4 Å². The molecule has 1 aliphatic heterocycles. The van der Waals surface area contributed by atoms with Gasteiger partial charge in [0, 0.05) is 23.2 Å². The van der Waals surface area contributed by atoms with Crippen molar-refractivity contribution >= 4 is 28.8 Å². The summed E-state index contributed by atoms with van der Waals surface area (Å²) in [5.41, 5.74) is 3.52. The third-order valence-corrected chi connectivity index (χ3v) is 6.45. The van der Waals surface area contributed by atoms with Crippen LogP contribution in [0.4, 0.5) is 45.1 Å². The minimum Gasteiger partial charge on any atom is -0.506 e. The molecule has 0 bridgehead atoms. The summed E-state index contributed by atoms with van der Waals surface area (Å²) >= 11 is 0. The number of nitrogens with one attached hydrogen (secondary N) is 2. The lowest BCUT2D eigenvalue weighted by atomic mass is 9.82. The SMILES string of the molecule is CC1(C)CN(c2ccccc2NC(=O)Nc2ccc(OC(F)(F)F)cc2)c2c(O)ccc(-c3ccc(F)cn3)c21. The van der Waals surface area contributed by atoms with E-state index < -0.39 is 29.4 Å². The van der Waals surface area contributed by atoms with Crippen LogP contribution in [0.25, 0.3) is 11.3 Å². The summed E-state index contributed by atoms with van der Waals surface area (Å²) in [5, 5.41) is 16.3. The highest BCUT2D eigenvalue weighted by Gasteiger charge is 2.41. The van der Waals surface area contributed by atoms with Crippen molar-refractivity contribution in [2.75, 3.05) is 22.1 Å². The summed E-state index contributed by atoms with van der Waals surface area (Å²) in [6, 6.07) is 17.4. The van der Waals surface area contributed by atoms with Crippen molar-refractivity contribution in [3.05, 3.63) is 90.4 Å². The molecule has 0 saturated heterocycles. The standard InChI is InChI=1S/C29H24F4N4O3/c1-28(2)16-37(26-24(38)14-12-20(25(26)28)21-13-7-17(30)15-34-21)23-6-4-3-5-22(23)36-27(39)35-18-8-10-19(11-9-18)40-29(31,32)33/h3-15,38H,16H2,1-2H3,(H2,35,36,39). The Balaban J connectivity index is 1.43. The molecule has 0 radical (unpaired) electrons. The van der Waals surface area contributed by atoms with Crippen molar-refractivity contribution in [3.8, 4) is 22.8 Å². The molecule has 0 spiro atoms. The zero-order valence-corrected chi connectivity index (χ0v) is 21.4. The fourth-order valence-corrected chi connectivity index (χ4v) is 4.89. The second kappa shape index (κ2) is 10.1. The number of carbonyl (C=O) groups is 1. The number of urea groups is 1. The molecule has 4 aromatic rings. The molecule has 1 aliphatic rings. The van der Waals surface area contributed by atoms with Gasteiger partial charge >= 0.3 is 12.4 Å². The van der Waals surface area contributed by atoms with Crippen LogP contribution >= 0.6 is 0 Å². The number of pyridine rings is 1. The molecule has 7 nitrogen and oxygen atoms in total. The Labute approximate surface area is 227 Å². The van der Waals surface area contributed by atoms with Crippen molar-refractivity contribution in [2.24, 2.45) is 0 Å². The maximum Gasteiger partial charge on any atom is 0.573 e. The third-order valence-electron chi connectivity index (χ3n) is 6.45. The van der Waals surface area contributed by atoms with E-state index in [4.69, 9.17) is 0 Å². The fraction of sp³-hybridized carbons (Fsp3) is 0.172. The first-order chi connectivity index (χ1) is 18.9. The zero-order valence-electron chi connectivity index (χ0n) is 21.4. The number of ether oxygens (including phenoxy) is 1. The lowest BCUT2D eigenvalue weighted by molar-refractivity contribution is -0.274. The van der Waals surface area contributed by atoms with E-state index in [9.17, 15) is 27.5 Å². The van der Waals surface area contributed by atoms with Crippen molar-refractivity contribution in [2.45, 2.75) is 25.6 Å². The molecule has 0 unspecified atom stereocenters. The van der Waals surface area contributed by atoms with Gasteiger partial charge in [-0.05, 0) is 66.2 Å². The van der Waals surface area contributed by atoms with E-state index in [1.54, 1.807) is 42.5 Å². The summed E-state index contributed by atoms with van der Waals surface area (Å²) in [6.45, 7) is 4.50. The van der Waals surface area contributed by atoms with Gasteiger partial charge < -0.3 is 25.4 Å². The van der Waals surface area contributed by atoms with Crippen LogP contribution in [0.15, 0.2) is 79.0 Å². The summed E-state index contributed by atoms with van der Waals surface area (Å²) < 4.78 is 54.6. The number of nitrogens with zero attached hydrogens (tertiary/aromatic N) is 2. The highest BCUT2D eigenvalue weighted by atomic mass is 19.4. The Morgan fingerprint density at radius 3 is 2.40 bits per heavy atom. The highest BCUT2D eigenvalue weighted by Crippen LogP contribution is 2.53. The van der Waals surface area contributed by atoms with Crippen molar-refractivity contribution in [3.63, 3.8) is 0 Å². The number of amides is 2. The quantitative estimate of drug-likeness (QED) is 0.223. The molecule has 40 heavy (non-hydrogen) atoms. The lowest BCUT2D eigenvalue weighted by Crippen LogP contribution is -2.27. The van der Waals surface area contributed by atoms with E-state index in [0.717, 1.165) is 29.5 Å². The first kappa shape index (κ1) is 26.8. The van der Waals surface area contributed by atoms with Crippen LogP contribution in [0.2, 0.25) is 0 Å². The number of hydrogen-bond acceptors (Lipinski definition) is 5. The minimum atomic E-state index is -4.82. The number of alkyl halides is 3. The van der Waals surface area contributed by atoms with E-state index in [-0.39, 0.29) is 11.4 Å². The summed E-state index contributed by atoms with van der Waals surface area (Å²) in [5.74, 6) is -0.829. The van der Waals surface area contributed by atoms with Crippen molar-refractivity contribution < 1.29 is 32.2 Å². The average molecular weight is 553 g/mol. The van der Waals surface area contributed by atoms with Crippen LogP contribution in [0.1, 0.15) is 19.4 Å². The van der Waals surface area contributed by atoms with Crippen molar-refractivity contribution in [1.29, 1.82) is 0 Å².